The Morgan fingerprint density at radius 3 is 1.91 bits per heavy atom. The van der Waals surface area contributed by atoms with Crippen LogP contribution in [0.2, 0.25) is 16.6 Å². The molecule has 0 aliphatic heterocycles. The van der Waals surface area contributed by atoms with Crippen LogP contribution in [0.25, 0.3) is 33.2 Å². The Morgan fingerprint density at radius 1 is 0.735 bits per heavy atom. The highest BCUT2D eigenvalue weighted by Crippen LogP contribution is 2.47. The number of nitro benzene ring substituents is 1. The highest BCUT2D eigenvalue weighted by molar-refractivity contribution is 6.82. The van der Waals surface area contributed by atoms with Gasteiger partial charge >= 0.3 is 0 Å². The Bertz CT molecular complexity index is 1300. The van der Waals surface area contributed by atoms with Crippen LogP contribution in [-0.2, 0) is 0 Å². The summed E-state index contributed by atoms with van der Waals surface area (Å²) in [7, 11) is -2.10. The number of para-hydroxylation sites is 1. The maximum absolute atomic E-state index is 11.9. The molecule has 0 aliphatic carbocycles. The molecule has 0 fully saturated rings. The fraction of sp³-hybridized carbons (Fsp3) is 0.310. The van der Waals surface area contributed by atoms with Crippen LogP contribution in [0.3, 0.4) is 0 Å². The minimum absolute atomic E-state index is 0.152. The van der Waals surface area contributed by atoms with Gasteiger partial charge in [0.15, 0.2) is 8.24 Å². The maximum atomic E-state index is 11.9. The summed E-state index contributed by atoms with van der Waals surface area (Å²) in [6.07, 6.45) is 2.23. The van der Waals surface area contributed by atoms with Crippen LogP contribution < -0.4 is 0 Å². The third-order valence-electron chi connectivity index (χ3n) is 7.50. The van der Waals surface area contributed by atoms with Gasteiger partial charge in [-0.1, -0.05) is 96.1 Å². The second-order valence-electron chi connectivity index (χ2n) is 10.1. The zero-order chi connectivity index (χ0) is 24.6. The third kappa shape index (κ3) is 3.78. The average Bonchev–Trinajstić information content (AvgIpc) is 3.18. The molecular weight excluding hydrogens is 436 g/mol. The first-order valence-corrected chi connectivity index (χ1v) is 14.3. The zero-order valence-corrected chi connectivity index (χ0v) is 21.9. The summed E-state index contributed by atoms with van der Waals surface area (Å²) in [4.78, 5) is 11.6. The molecule has 0 unspecified atom stereocenters. The van der Waals surface area contributed by atoms with Crippen LogP contribution in [0, 0.1) is 10.1 Å². The van der Waals surface area contributed by atoms with Crippen LogP contribution in [-0.4, -0.2) is 17.4 Å². The number of hydrogen-bond donors (Lipinski definition) is 0. The molecule has 0 aliphatic rings. The predicted octanol–water partition coefficient (Wildman–Crippen LogP) is 8.91. The summed E-state index contributed by atoms with van der Waals surface area (Å²) in [6, 6.07) is 24.1. The van der Waals surface area contributed by atoms with E-state index in [4.69, 9.17) is 0 Å². The molecule has 0 spiro atoms. The molecule has 1 heterocycles. The first-order valence-electron chi connectivity index (χ1n) is 12.1. The van der Waals surface area contributed by atoms with Crippen LogP contribution in [0.1, 0.15) is 41.5 Å². The van der Waals surface area contributed by atoms with Gasteiger partial charge in [0.2, 0.25) is 0 Å². The van der Waals surface area contributed by atoms with Crippen molar-refractivity contribution in [2.75, 3.05) is 0 Å². The largest absolute Gasteiger partial charge is 0.373 e. The number of fused-ring (bicyclic) bond motifs is 1. The lowest BCUT2D eigenvalue weighted by Crippen LogP contribution is -2.51. The SMILES string of the molecule is CC(C)[Si](C(C)C)(C(C)C)n1cc(-c2ccccc2[N+](=O)[O-])c2ccc(-c3ccccc3)cc21. The lowest BCUT2D eigenvalue weighted by molar-refractivity contribution is -0.384. The molecule has 0 N–H and O–H groups in total. The summed E-state index contributed by atoms with van der Waals surface area (Å²) in [5.74, 6) is 0. The summed E-state index contributed by atoms with van der Waals surface area (Å²) in [5.41, 5.74) is 6.81. The van der Waals surface area contributed by atoms with E-state index in [1.165, 1.54) is 16.6 Å². The molecule has 3 aromatic carbocycles. The molecule has 4 nitrogen and oxygen atoms in total. The van der Waals surface area contributed by atoms with E-state index in [2.05, 4.69) is 94.4 Å². The van der Waals surface area contributed by atoms with Gasteiger partial charge in [-0.2, -0.15) is 0 Å². The van der Waals surface area contributed by atoms with Crippen LogP contribution in [0.5, 0.6) is 0 Å². The molecule has 0 atom stereocenters. The Labute approximate surface area is 203 Å². The number of benzene rings is 3. The van der Waals surface area contributed by atoms with Crippen molar-refractivity contribution < 1.29 is 4.92 Å². The van der Waals surface area contributed by atoms with Crippen LogP contribution in [0.15, 0.2) is 79.0 Å². The van der Waals surface area contributed by atoms with Crippen molar-refractivity contribution in [1.82, 2.24) is 4.23 Å². The fourth-order valence-electron chi connectivity index (χ4n) is 6.27. The smallest absolute Gasteiger partial charge is 0.277 e. The lowest BCUT2D eigenvalue weighted by atomic mass is 10.00. The van der Waals surface area contributed by atoms with Gasteiger partial charge in [0, 0.05) is 28.7 Å². The molecule has 5 heteroatoms. The predicted molar refractivity (Wildman–Crippen MR) is 146 cm³/mol. The van der Waals surface area contributed by atoms with E-state index in [-0.39, 0.29) is 10.6 Å². The van der Waals surface area contributed by atoms with Crippen molar-refractivity contribution in [2.24, 2.45) is 0 Å². The van der Waals surface area contributed by atoms with Gasteiger partial charge in [-0.05, 0) is 39.9 Å². The van der Waals surface area contributed by atoms with Crippen molar-refractivity contribution in [1.29, 1.82) is 0 Å². The molecule has 0 saturated carbocycles. The van der Waals surface area contributed by atoms with Crippen molar-refractivity contribution >= 4 is 24.8 Å². The molecule has 4 aromatic rings. The van der Waals surface area contributed by atoms with Crippen molar-refractivity contribution in [3.05, 3.63) is 89.1 Å². The van der Waals surface area contributed by atoms with Gasteiger partial charge in [0.1, 0.15) is 0 Å². The zero-order valence-electron chi connectivity index (χ0n) is 20.9. The summed E-state index contributed by atoms with van der Waals surface area (Å²) >= 11 is 0. The molecule has 0 bridgehead atoms. The summed E-state index contributed by atoms with van der Waals surface area (Å²) in [6.45, 7) is 14.1. The maximum Gasteiger partial charge on any atom is 0.277 e. The van der Waals surface area contributed by atoms with Gasteiger partial charge in [-0.15, -0.1) is 0 Å². The van der Waals surface area contributed by atoms with Gasteiger partial charge in [-0.25, -0.2) is 0 Å². The van der Waals surface area contributed by atoms with E-state index in [1.807, 2.05) is 18.2 Å². The molecule has 4 rings (SSSR count). The van der Waals surface area contributed by atoms with Gasteiger partial charge in [-0.3, -0.25) is 10.1 Å². The van der Waals surface area contributed by atoms with E-state index in [0.717, 1.165) is 10.9 Å². The third-order valence-corrected chi connectivity index (χ3v) is 14.2. The van der Waals surface area contributed by atoms with Gasteiger partial charge in [0.25, 0.3) is 5.69 Å². The van der Waals surface area contributed by atoms with Crippen LogP contribution >= 0.6 is 0 Å². The second kappa shape index (κ2) is 9.22. The monoisotopic (exact) mass is 470 g/mol. The molecule has 0 radical (unpaired) electrons. The Morgan fingerprint density at radius 2 is 1.32 bits per heavy atom. The highest BCUT2D eigenvalue weighted by atomic mass is 28.3. The Kier molecular flexibility index (Phi) is 6.50. The van der Waals surface area contributed by atoms with Crippen molar-refractivity contribution in [3.8, 4) is 22.3 Å². The minimum atomic E-state index is -2.10. The topological polar surface area (TPSA) is 48.1 Å². The highest BCUT2D eigenvalue weighted by Gasteiger charge is 2.46. The number of nitrogens with zero attached hydrogens (tertiary/aromatic N) is 2. The van der Waals surface area contributed by atoms with Gasteiger partial charge in [0.05, 0.1) is 10.5 Å². The standard InChI is InChI=1S/C29H34N2O2Si/c1-20(2)34(21(3)4,22(5)6)30-19-27(25-14-10-11-15-28(25)31(32)33)26-17-16-24(18-29(26)30)23-12-8-7-9-13-23/h7-22H,1-6H3. The fourth-order valence-corrected chi connectivity index (χ4v) is 12.9. The molecular formula is C29H34N2O2Si. The molecule has 0 saturated heterocycles. The summed E-state index contributed by atoms with van der Waals surface area (Å²) in [5, 5.41) is 13.0. The molecule has 34 heavy (non-hydrogen) atoms. The molecule has 0 amide bonds. The molecule has 176 valence electrons. The van der Waals surface area contributed by atoms with Crippen molar-refractivity contribution in [2.45, 2.75) is 58.2 Å². The van der Waals surface area contributed by atoms with E-state index in [1.54, 1.807) is 12.1 Å². The molecule has 1 aromatic heterocycles. The quantitative estimate of drug-likeness (QED) is 0.154. The van der Waals surface area contributed by atoms with Crippen LogP contribution in [0.4, 0.5) is 5.69 Å². The summed E-state index contributed by atoms with van der Waals surface area (Å²) < 4.78 is 2.57. The van der Waals surface area contributed by atoms with E-state index >= 15 is 0 Å². The minimum Gasteiger partial charge on any atom is -0.373 e. The number of rotatable bonds is 7. The Balaban J connectivity index is 2.12. The number of aromatic nitrogens is 1. The Hall–Kier alpha value is -3.18. The lowest BCUT2D eigenvalue weighted by Gasteiger charge is -2.44. The second-order valence-corrected chi connectivity index (χ2v) is 15.9. The van der Waals surface area contributed by atoms with E-state index in [9.17, 15) is 10.1 Å². The number of hydrogen-bond acceptors (Lipinski definition) is 2. The van der Waals surface area contributed by atoms with E-state index in [0.29, 0.717) is 22.2 Å². The first-order chi connectivity index (χ1) is 16.2. The normalized spacial score (nSPS) is 12.3. The van der Waals surface area contributed by atoms with Crippen molar-refractivity contribution in [3.63, 3.8) is 0 Å². The first kappa shape index (κ1) is 24.0. The van der Waals surface area contributed by atoms with E-state index < -0.39 is 8.24 Å². The average molecular weight is 471 g/mol. The van der Waals surface area contributed by atoms with Gasteiger partial charge < -0.3 is 4.23 Å². The number of nitro groups is 1.